The Morgan fingerprint density at radius 3 is 1.88 bits per heavy atom. The van der Waals surface area contributed by atoms with E-state index >= 15 is 0 Å². The molecule has 0 radical (unpaired) electrons. The molecular formula is C26H25F9N2O3. The molecule has 0 N–H and O–H groups in total. The van der Waals surface area contributed by atoms with Crippen LogP contribution in [0.5, 0.6) is 0 Å². The van der Waals surface area contributed by atoms with Crippen molar-refractivity contribution in [1.82, 2.24) is 4.90 Å². The van der Waals surface area contributed by atoms with Crippen molar-refractivity contribution in [2.75, 3.05) is 4.90 Å². The summed E-state index contributed by atoms with van der Waals surface area (Å²) >= 11 is 0. The van der Waals surface area contributed by atoms with Crippen LogP contribution < -0.4 is 4.90 Å². The summed E-state index contributed by atoms with van der Waals surface area (Å²) in [5.41, 5.74) is -5.04. The minimum atomic E-state index is -5.14. The highest BCUT2D eigenvalue weighted by molar-refractivity contribution is 5.90. The van der Waals surface area contributed by atoms with E-state index in [-0.39, 0.29) is 23.7 Å². The van der Waals surface area contributed by atoms with E-state index in [0.717, 1.165) is 28.9 Å². The summed E-state index contributed by atoms with van der Waals surface area (Å²) in [4.78, 5) is 27.5. The van der Waals surface area contributed by atoms with Gasteiger partial charge < -0.3 is 9.64 Å². The summed E-state index contributed by atoms with van der Waals surface area (Å²) in [6.07, 6.45) is -16.7. The van der Waals surface area contributed by atoms with E-state index in [1.54, 1.807) is 13.8 Å². The monoisotopic (exact) mass is 584 g/mol. The lowest BCUT2D eigenvalue weighted by molar-refractivity contribution is -0.143. The number of halogens is 9. The highest BCUT2D eigenvalue weighted by atomic mass is 19.4. The molecule has 0 bridgehead atoms. The Hall–Kier alpha value is -3.45. The molecule has 0 aliphatic carbocycles. The molecule has 2 aromatic carbocycles. The average Bonchev–Trinajstić information content (AvgIpc) is 2.79. The summed E-state index contributed by atoms with van der Waals surface area (Å²) in [7, 11) is 0. The molecule has 3 rings (SSSR count). The van der Waals surface area contributed by atoms with Crippen LogP contribution in [-0.4, -0.2) is 29.0 Å². The smallest absolute Gasteiger partial charge is 0.416 e. The Bertz CT molecular complexity index is 1240. The Morgan fingerprint density at radius 1 is 0.900 bits per heavy atom. The van der Waals surface area contributed by atoms with Crippen molar-refractivity contribution >= 4 is 17.7 Å². The Kier molecular flexibility index (Phi) is 8.43. The van der Waals surface area contributed by atoms with Crippen LogP contribution in [0.4, 0.5) is 50.0 Å². The minimum absolute atomic E-state index is 0.0336. The van der Waals surface area contributed by atoms with E-state index in [1.807, 2.05) is 0 Å². The summed E-state index contributed by atoms with van der Waals surface area (Å²) in [6.45, 7) is 4.87. The second-order valence-corrected chi connectivity index (χ2v) is 9.74. The molecule has 2 atom stereocenters. The van der Waals surface area contributed by atoms with Crippen LogP contribution in [0.2, 0.25) is 0 Å². The van der Waals surface area contributed by atoms with E-state index in [9.17, 15) is 49.1 Å². The number of rotatable bonds is 4. The fourth-order valence-electron chi connectivity index (χ4n) is 4.59. The van der Waals surface area contributed by atoms with Crippen LogP contribution in [0.1, 0.15) is 68.0 Å². The summed E-state index contributed by atoms with van der Waals surface area (Å²) in [5, 5.41) is 0. The van der Waals surface area contributed by atoms with Gasteiger partial charge in [-0.3, -0.25) is 9.69 Å². The first-order valence-electron chi connectivity index (χ1n) is 12.0. The van der Waals surface area contributed by atoms with Crippen molar-refractivity contribution < 1.29 is 53.8 Å². The molecule has 0 aromatic heterocycles. The van der Waals surface area contributed by atoms with Crippen LogP contribution in [0.15, 0.2) is 36.4 Å². The van der Waals surface area contributed by atoms with Crippen LogP contribution in [0, 0.1) is 0 Å². The third kappa shape index (κ3) is 6.81. The van der Waals surface area contributed by atoms with E-state index in [4.69, 9.17) is 4.74 Å². The fourth-order valence-corrected chi connectivity index (χ4v) is 4.59. The van der Waals surface area contributed by atoms with E-state index in [0.29, 0.717) is 18.2 Å². The zero-order chi connectivity index (χ0) is 30.4. The summed E-state index contributed by atoms with van der Waals surface area (Å²) in [5.74, 6) is -0.815. The molecule has 5 nitrogen and oxygen atoms in total. The van der Waals surface area contributed by atoms with Gasteiger partial charge in [-0.25, -0.2) is 4.79 Å². The number of anilines is 1. The molecule has 1 heterocycles. The third-order valence-electron chi connectivity index (χ3n) is 6.29. The number of nitrogens with zero attached hydrogens (tertiary/aromatic N) is 2. The van der Waals surface area contributed by atoms with Crippen molar-refractivity contribution in [2.45, 2.75) is 77.4 Å². The highest BCUT2D eigenvalue weighted by Crippen LogP contribution is 2.45. The lowest BCUT2D eigenvalue weighted by Crippen LogP contribution is -2.48. The molecule has 220 valence electrons. The predicted octanol–water partition coefficient (Wildman–Crippen LogP) is 7.98. The predicted molar refractivity (Wildman–Crippen MR) is 125 cm³/mol. The van der Waals surface area contributed by atoms with Gasteiger partial charge in [0.1, 0.15) is 0 Å². The SMILES string of the molecule is CC(=O)N(Cc1cc(C(F)(F)F)cc(C(F)(F)F)c1)C1CC(C)N(C(=O)OC(C)C)c2ccc(C(F)(F)F)cc21. The van der Waals surface area contributed by atoms with Crippen molar-refractivity contribution in [3.05, 3.63) is 64.2 Å². The molecule has 14 heteroatoms. The van der Waals surface area contributed by atoms with Gasteiger partial charge in [0.05, 0.1) is 34.5 Å². The number of carbonyl (C=O) groups is 2. The molecule has 0 saturated carbocycles. The lowest BCUT2D eigenvalue weighted by atomic mass is 9.89. The average molecular weight is 584 g/mol. The van der Waals surface area contributed by atoms with Gasteiger partial charge in [0.15, 0.2) is 0 Å². The first-order valence-corrected chi connectivity index (χ1v) is 12.0. The highest BCUT2D eigenvalue weighted by Gasteiger charge is 2.42. The molecule has 0 fully saturated rings. The Morgan fingerprint density at radius 2 is 1.43 bits per heavy atom. The molecule has 40 heavy (non-hydrogen) atoms. The van der Waals surface area contributed by atoms with Gasteiger partial charge >= 0.3 is 24.6 Å². The zero-order valence-corrected chi connectivity index (χ0v) is 21.6. The number of benzene rings is 2. The second-order valence-electron chi connectivity index (χ2n) is 9.74. The Labute approximate surface area is 223 Å². The van der Waals surface area contributed by atoms with E-state index in [2.05, 4.69) is 0 Å². The van der Waals surface area contributed by atoms with Gasteiger partial charge in [0.25, 0.3) is 0 Å². The third-order valence-corrected chi connectivity index (χ3v) is 6.29. The van der Waals surface area contributed by atoms with Crippen LogP contribution in [-0.2, 0) is 34.6 Å². The molecule has 2 aromatic rings. The standard InChI is InChI=1S/C26H25F9N2O3/c1-13(2)40-23(39)37-14(3)7-22(20-11-17(24(27,28)29)5-6-21(20)37)36(15(4)38)12-16-8-18(25(30,31)32)10-19(9-16)26(33,34)35/h5-6,8-11,13-14,22H,7,12H2,1-4H3. The molecule has 1 aliphatic heterocycles. The quantitative estimate of drug-likeness (QED) is 0.343. The van der Waals surface area contributed by atoms with Gasteiger partial charge in [-0.1, -0.05) is 0 Å². The summed E-state index contributed by atoms with van der Waals surface area (Å²) in [6, 6.07) is 1.31. The molecule has 2 amide bonds. The molecule has 0 spiro atoms. The Balaban J connectivity index is 2.17. The maximum absolute atomic E-state index is 13.6. The lowest BCUT2D eigenvalue weighted by Gasteiger charge is -2.43. The number of amides is 2. The number of hydrogen-bond acceptors (Lipinski definition) is 3. The van der Waals surface area contributed by atoms with Crippen molar-refractivity contribution in [2.24, 2.45) is 0 Å². The van der Waals surface area contributed by atoms with Crippen molar-refractivity contribution in [3.8, 4) is 0 Å². The second kappa shape index (κ2) is 10.8. The zero-order valence-electron chi connectivity index (χ0n) is 21.6. The van der Waals surface area contributed by atoms with Crippen molar-refractivity contribution in [3.63, 3.8) is 0 Å². The summed E-state index contributed by atoms with van der Waals surface area (Å²) < 4.78 is 126. The molecule has 0 saturated heterocycles. The first kappa shape index (κ1) is 31.1. The maximum atomic E-state index is 13.6. The van der Waals surface area contributed by atoms with Gasteiger partial charge in [-0.2, -0.15) is 39.5 Å². The number of ether oxygens (including phenoxy) is 1. The molecule has 2 unspecified atom stereocenters. The molecule has 1 aliphatic rings. The van der Waals surface area contributed by atoms with Crippen LogP contribution in [0.25, 0.3) is 0 Å². The molecular weight excluding hydrogens is 559 g/mol. The van der Waals surface area contributed by atoms with E-state index in [1.165, 1.54) is 6.92 Å². The first-order chi connectivity index (χ1) is 18.2. The minimum Gasteiger partial charge on any atom is -0.446 e. The topological polar surface area (TPSA) is 49.9 Å². The van der Waals surface area contributed by atoms with Gasteiger partial charge in [-0.05, 0) is 74.7 Å². The number of fused-ring (bicyclic) bond motifs is 1. The van der Waals surface area contributed by atoms with E-state index < -0.39 is 77.5 Å². The number of carbonyl (C=O) groups excluding carboxylic acids is 2. The van der Waals surface area contributed by atoms with Gasteiger partial charge in [-0.15, -0.1) is 0 Å². The van der Waals surface area contributed by atoms with Crippen LogP contribution in [0.3, 0.4) is 0 Å². The fraction of sp³-hybridized carbons (Fsp3) is 0.462. The number of hydrogen-bond donors (Lipinski definition) is 0. The number of alkyl halides is 9. The van der Waals surface area contributed by atoms with Crippen molar-refractivity contribution in [1.29, 1.82) is 0 Å². The van der Waals surface area contributed by atoms with Gasteiger partial charge in [0, 0.05) is 19.5 Å². The van der Waals surface area contributed by atoms with Gasteiger partial charge in [0.2, 0.25) is 5.91 Å². The maximum Gasteiger partial charge on any atom is 0.416 e. The largest absolute Gasteiger partial charge is 0.446 e. The van der Waals surface area contributed by atoms with Crippen LogP contribution >= 0.6 is 0 Å². The normalized spacial score (nSPS) is 18.0.